The van der Waals surface area contributed by atoms with Crippen LogP contribution in [0.5, 0.6) is 5.88 Å². The lowest BCUT2D eigenvalue weighted by atomic mass is 10.2. The van der Waals surface area contributed by atoms with Crippen molar-refractivity contribution < 1.29 is 13.9 Å². The minimum absolute atomic E-state index is 0.0356. The zero-order chi connectivity index (χ0) is 12.7. The molecule has 0 bridgehead atoms. The van der Waals surface area contributed by atoms with Crippen LogP contribution in [-0.2, 0) is 0 Å². The number of rotatable bonds is 1. The first kappa shape index (κ1) is 10.7. The number of aromatic hydroxyl groups is 1. The summed E-state index contributed by atoms with van der Waals surface area (Å²) in [7, 11) is 0. The Hall–Kier alpha value is -2.43. The molecule has 1 heterocycles. The first-order valence-electron chi connectivity index (χ1n) is 5.29. The van der Waals surface area contributed by atoms with Crippen LogP contribution in [0, 0.1) is 11.6 Å². The molecule has 18 heavy (non-hydrogen) atoms. The van der Waals surface area contributed by atoms with Crippen LogP contribution in [0.1, 0.15) is 0 Å². The van der Waals surface area contributed by atoms with E-state index in [1.54, 1.807) is 24.3 Å². The Morgan fingerprint density at radius 2 is 1.83 bits per heavy atom. The van der Waals surface area contributed by atoms with E-state index < -0.39 is 11.6 Å². The lowest BCUT2D eigenvalue weighted by Crippen LogP contribution is -2.00. The molecule has 0 saturated heterocycles. The van der Waals surface area contributed by atoms with Gasteiger partial charge in [0.1, 0.15) is 17.3 Å². The molecule has 0 radical (unpaired) electrons. The minimum Gasteiger partial charge on any atom is -0.492 e. The van der Waals surface area contributed by atoms with Crippen molar-refractivity contribution in [1.29, 1.82) is 0 Å². The zero-order valence-electron chi connectivity index (χ0n) is 9.14. The van der Waals surface area contributed by atoms with E-state index in [0.29, 0.717) is 10.9 Å². The van der Waals surface area contributed by atoms with Gasteiger partial charge in [-0.3, -0.25) is 0 Å². The molecular formula is C13H8F2N2O. The van der Waals surface area contributed by atoms with Gasteiger partial charge >= 0.3 is 0 Å². The molecule has 0 aliphatic rings. The van der Waals surface area contributed by atoms with E-state index in [1.165, 1.54) is 4.68 Å². The molecule has 0 atom stereocenters. The van der Waals surface area contributed by atoms with Crippen LogP contribution in [0.25, 0.3) is 16.6 Å². The largest absolute Gasteiger partial charge is 0.492 e. The Bertz CT molecular complexity index is 737. The summed E-state index contributed by atoms with van der Waals surface area (Å²) < 4.78 is 28.0. The van der Waals surface area contributed by atoms with Crippen molar-refractivity contribution in [2.45, 2.75) is 0 Å². The van der Waals surface area contributed by atoms with E-state index in [-0.39, 0.29) is 11.6 Å². The summed E-state index contributed by atoms with van der Waals surface area (Å²) in [5.41, 5.74) is 0.478. The van der Waals surface area contributed by atoms with Crippen LogP contribution < -0.4 is 0 Å². The Kier molecular flexibility index (Phi) is 2.26. The molecule has 3 aromatic rings. The zero-order valence-corrected chi connectivity index (χ0v) is 9.14. The molecule has 0 aliphatic heterocycles. The quantitative estimate of drug-likeness (QED) is 0.716. The number of nitrogens with zero attached hydrogens (tertiary/aromatic N) is 2. The highest BCUT2D eigenvalue weighted by atomic mass is 19.1. The average Bonchev–Trinajstić information content (AvgIpc) is 2.71. The van der Waals surface area contributed by atoms with E-state index in [0.717, 1.165) is 18.2 Å². The molecule has 5 heteroatoms. The van der Waals surface area contributed by atoms with Crippen molar-refractivity contribution in [2.24, 2.45) is 0 Å². The van der Waals surface area contributed by atoms with E-state index in [1.807, 2.05) is 0 Å². The maximum atomic E-state index is 13.7. The Balaban J connectivity index is 2.35. The fourth-order valence-electron chi connectivity index (χ4n) is 1.88. The number of hydrogen-bond donors (Lipinski definition) is 1. The molecule has 0 amide bonds. The Morgan fingerprint density at radius 1 is 1.06 bits per heavy atom. The second kappa shape index (κ2) is 3.80. The topological polar surface area (TPSA) is 38.1 Å². The number of benzene rings is 2. The van der Waals surface area contributed by atoms with Gasteiger partial charge in [0.2, 0.25) is 5.88 Å². The molecule has 0 saturated carbocycles. The SMILES string of the molecule is Oc1nn(-c2cc(F)ccc2F)c2ccccc12. The minimum atomic E-state index is -0.607. The molecule has 1 N–H and O–H groups in total. The van der Waals surface area contributed by atoms with Gasteiger partial charge < -0.3 is 5.11 Å². The van der Waals surface area contributed by atoms with Crippen LogP contribution in [-0.4, -0.2) is 14.9 Å². The lowest BCUT2D eigenvalue weighted by Gasteiger charge is -2.04. The number of halogens is 2. The normalized spacial score (nSPS) is 11.0. The Labute approximate surface area is 101 Å². The third-order valence-electron chi connectivity index (χ3n) is 2.70. The number of fused-ring (bicyclic) bond motifs is 1. The lowest BCUT2D eigenvalue weighted by molar-refractivity contribution is 0.451. The van der Waals surface area contributed by atoms with E-state index in [9.17, 15) is 13.9 Å². The average molecular weight is 246 g/mol. The molecule has 0 fully saturated rings. The van der Waals surface area contributed by atoms with Gasteiger partial charge in [0.05, 0.1) is 10.9 Å². The van der Waals surface area contributed by atoms with Gasteiger partial charge in [-0.2, -0.15) is 0 Å². The van der Waals surface area contributed by atoms with Crippen molar-refractivity contribution in [1.82, 2.24) is 9.78 Å². The van der Waals surface area contributed by atoms with Crippen molar-refractivity contribution in [3.05, 3.63) is 54.1 Å². The first-order valence-corrected chi connectivity index (χ1v) is 5.29. The smallest absolute Gasteiger partial charge is 0.238 e. The van der Waals surface area contributed by atoms with Gasteiger partial charge in [-0.15, -0.1) is 5.10 Å². The van der Waals surface area contributed by atoms with Crippen LogP contribution in [0.15, 0.2) is 42.5 Å². The first-order chi connectivity index (χ1) is 8.66. The van der Waals surface area contributed by atoms with Gasteiger partial charge in [0.25, 0.3) is 0 Å². The molecule has 1 aromatic heterocycles. The maximum absolute atomic E-state index is 13.7. The van der Waals surface area contributed by atoms with Crippen LogP contribution in [0.2, 0.25) is 0 Å². The predicted molar refractivity (Wildman–Crippen MR) is 62.7 cm³/mol. The Morgan fingerprint density at radius 3 is 2.67 bits per heavy atom. The number of para-hydroxylation sites is 1. The summed E-state index contributed by atoms with van der Waals surface area (Å²) in [5, 5.41) is 14.0. The van der Waals surface area contributed by atoms with Crippen molar-refractivity contribution in [2.75, 3.05) is 0 Å². The fraction of sp³-hybridized carbons (Fsp3) is 0. The highest BCUT2D eigenvalue weighted by molar-refractivity contribution is 5.85. The van der Waals surface area contributed by atoms with Gasteiger partial charge in [-0.1, -0.05) is 12.1 Å². The van der Waals surface area contributed by atoms with Gasteiger partial charge in [-0.25, -0.2) is 13.5 Å². The standard InChI is InChI=1S/C13H8F2N2O/c14-8-5-6-10(15)12(7-8)17-11-4-2-1-3-9(11)13(18)16-17/h1-7H,(H,16,18). The van der Waals surface area contributed by atoms with Gasteiger partial charge in [-0.05, 0) is 24.3 Å². The van der Waals surface area contributed by atoms with Crippen molar-refractivity contribution in [3.8, 4) is 11.6 Å². The summed E-state index contributed by atoms with van der Waals surface area (Å²) in [5.74, 6) is -1.38. The summed E-state index contributed by atoms with van der Waals surface area (Å²) >= 11 is 0. The molecule has 0 spiro atoms. The number of aromatic nitrogens is 2. The molecule has 0 aliphatic carbocycles. The van der Waals surface area contributed by atoms with E-state index >= 15 is 0 Å². The number of hydrogen-bond acceptors (Lipinski definition) is 2. The maximum Gasteiger partial charge on any atom is 0.238 e. The van der Waals surface area contributed by atoms with Crippen LogP contribution >= 0.6 is 0 Å². The van der Waals surface area contributed by atoms with E-state index in [4.69, 9.17) is 0 Å². The summed E-state index contributed by atoms with van der Waals surface area (Å²) in [6.07, 6.45) is 0. The highest BCUT2D eigenvalue weighted by Crippen LogP contribution is 2.27. The van der Waals surface area contributed by atoms with Gasteiger partial charge in [0.15, 0.2) is 0 Å². The van der Waals surface area contributed by atoms with Crippen molar-refractivity contribution >= 4 is 10.9 Å². The van der Waals surface area contributed by atoms with Crippen molar-refractivity contribution in [3.63, 3.8) is 0 Å². The molecule has 3 rings (SSSR count). The van der Waals surface area contributed by atoms with E-state index in [2.05, 4.69) is 5.10 Å². The second-order valence-corrected chi connectivity index (χ2v) is 3.85. The molecule has 2 aromatic carbocycles. The summed E-state index contributed by atoms with van der Waals surface area (Å²) in [4.78, 5) is 0. The van der Waals surface area contributed by atoms with Gasteiger partial charge in [0, 0.05) is 6.07 Å². The molecule has 3 nitrogen and oxygen atoms in total. The second-order valence-electron chi connectivity index (χ2n) is 3.85. The third-order valence-corrected chi connectivity index (χ3v) is 2.70. The molecular weight excluding hydrogens is 238 g/mol. The highest BCUT2D eigenvalue weighted by Gasteiger charge is 2.13. The summed E-state index contributed by atoms with van der Waals surface area (Å²) in [6, 6.07) is 9.89. The molecule has 0 unspecified atom stereocenters. The summed E-state index contributed by atoms with van der Waals surface area (Å²) in [6.45, 7) is 0. The predicted octanol–water partition coefficient (Wildman–Crippen LogP) is 3.01. The van der Waals surface area contributed by atoms with Crippen LogP contribution in [0.3, 0.4) is 0 Å². The third kappa shape index (κ3) is 1.52. The fourth-order valence-corrected chi connectivity index (χ4v) is 1.88. The molecule has 90 valence electrons. The monoisotopic (exact) mass is 246 g/mol. The van der Waals surface area contributed by atoms with Crippen LogP contribution in [0.4, 0.5) is 8.78 Å².